The van der Waals surface area contributed by atoms with E-state index in [0.29, 0.717) is 5.75 Å². The minimum absolute atomic E-state index is 0.0816. The summed E-state index contributed by atoms with van der Waals surface area (Å²) in [6.07, 6.45) is 3.67. The molecule has 0 radical (unpaired) electrons. The van der Waals surface area contributed by atoms with Crippen molar-refractivity contribution in [2.75, 3.05) is 29.9 Å². The molecular formula is C24H31N3O2S. The highest BCUT2D eigenvalue weighted by atomic mass is 32.1. The molecule has 1 amide bonds. The molecule has 0 atom stereocenters. The molecule has 2 aromatic rings. The van der Waals surface area contributed by atoms with E-state index in [-0.39, 0.29) is 23.0 Å². The number of anilines is 2. The van der Waals surface area contributed by atoms with Gasteiger partial charge >= 0.3 is 0 Å². The maximum atomic E-state index is 12.3. The molecule has 1 fully saturated rings. The Kier molecular flexibility index (Phi) is 7.32. The molecule has 0 aliphatic carbocycles. The van der Waals surface area contributed by atoms with E-state index in [1.54, 1.807) is 0 Å². The number of thiocarbonyl (C=S) groups is 1. The number of hydrogen-bond acceptors (Lipinski definition) is 4. The number of carbonyl (C=O) groups excluding carboxylic acids is 1. The fourth-order valence-electron chi connectivity index (χ4n) is 3.51. The normalized spacial score (nSPS) is 14.2. The molecule has 0 bridgehead atoms. The third kappa shape index (κ3) is 6.20. The Morgan fingerprint density at radius 2 is 1.70 bits per heavy atom. The van der Waals surface area contributed by atoms with E-state index in [1.165, 1.54) is 24.8 Å². The van der Waals surface area contributed by atoms with Crippen molar-refractivity contribution in [2.24, 2.45) is 0 Å². The van der Waals surface area contributed by atoms with Crippen LogP contribution in [0.25, 0.3) is 0 Å². The molecule has 0 saturated carbocycles. The topological polar surface area (TPSA) is 53.6 Å². The Morgan fingerprint density at radius 3 is 2.37 bits per heavy atom. The van der Waals surface area contributed by atoms with Crippen LogP contribution in [0.4, 0.5) is 11.4 Å². The molecule has 0 unspecified atom stereocenters. The molecule has 1 heterocycles. The van der Waals surface area contributed by atoms with Gasteiger partial charge in [-0.25, -0.2) is 0 Å². The zero-order valence-corrected chi connectivity index (χ0v) is 18.8. The quantitative estimate of drug-likeness (QED) is 0.670. The molecular weight excluding hydrogens is 394 g/mol. The van der Waals surface area contributed by atoms with E-state index in [0.717, 1.165) is 24.5 Å². The lowest BCUT2D eigenvalue weighted by Gasteiger charge is -2.30. The number of benzene rings is 2. The van der Waals surface area contributed by atoms with Crippen molar-refractivity contribution in [2.45, 2.75) is 45.4 Å². The van der Waals surface area contributed by atoms with Gasteiger partial charge in [-0.2, -0.15) is 0 Å². The molecule has 2 aromatic carbocycles. The average Bonchev–Trinajstić information content (AvgIpc) is 2.73. The van der Waals surface area contributed by atoms with Crippen molar-refractivity contribution in [3.8, 4) is 5.75 Å². The van der Waals surface area contributed by atoms with E-state index < -0.39 is 0 Å². The van der Waals surface area contributed by atoms with Gasteiger partial charge in [-0.1, -0.05) is 45.0 Å². The summed E-state index contributed by atoms with van der Waals surface area (Å²) in [5.74, 6) is 0.371. The highest BCUT2D eigenvalue weighted by molar-refractivity contribution is 7.80. The number of amides is 1. The summed E-state index contributed by atoms with van der Waals surface area (Å²) in [4.78, 5) is 14.6. The monoisotopic (exact) mass is 425 g/mol. The molecule has 2 N–H and O–H groups in total. The minimum atomic E-state index is -0.289. The minimum Gasteiger partial charge on any atom is -0.484 e. The molecule has 6 heteroatoms. The summed E-state index contributed by atoms with van der Waals surface area (Å²) in [6.45, 7) is 8.47. The molecule has 1 aliphatic rings. The predicted molar refractivity (Wildman–Crippen MR) is 128 cm³/mol. The van der Waals surface area contributed by atoms with Crippen LogP contribution in [0.5, 0.6) is 5.75 Å². The third-order valence-corrected chi connectivity index (χ3v) is 5.40. The van der Waals surface area contributed by atoms with Gasteiger partial charge in [0.15, 0.2) is 11.7 Å². The lowest BCUT2D eigenvalue weighted by molar-refractivity contribution is -0.121. The first-order valence-electron chi connectivity index (χ1n) is 10.5. The van der Waals surface area contributed by atoms with Crippen molar-refractivity contribution in [3.63, 3.8) is 0 Å². The van der Waals surface area contributed by atoms with Crippen LogP contribution in [0.1, 0.15) is 45.6 Å². The summed E-state index contributed by atoms with van der Waals surface area (Å²) < 4.78 is 5.60. The molecule has 160 valence electrons. The van der Waals surface area contributed by atoms with Gasteiger partial charge in [-0.3, -0.25) is 10.1 Å². The fraction of sp³-hybridized carbons (Fsp3) is 0.417. The predicted octanol–water partition coefficient (Wildman–Crippen LogP) is 4.87. The third-order valence-electron chi connectivity index (χ3n) is 5.19. The van der Waals surface area contributed by atoms with Crippen molar-refractivity contribution in [3.05, 3.63) is 54.1 Å². The standard InChI is InChI=1S/C24H31N3O2S/c1-24(2,3)18-11-13-19(14-12-18)29-17-22(28)26-23(30)25-20-9-5-6-10-21(20)27-15-7-4-8-16-27/h5-6,9-14H,4,7-8,15-17H2,1-3H3,(H2,25,26,28,30). The second kappa shape index (κ2) is 9.94. The van der Waals surface area contributed by atoms with Gasteiger partial charge in [-0.05, 0) is 66.7 Å². The van der Waals surface area contributed by atoms with Gasteiger partial charge in [0.05, 0.1) is 11.4 Å². The van der Waals surface area contributed by atoms with Crippen molar-refractivity contribution >= 4 is 34.6 Å². The van der Waals surface area contributed by atoms with Crippen LogP contribution in [0, 0.1) is 0 Å². The lowest BCUT2D eigenvalue weighted by Crippen LogP contribution is -2.38. The highest BCUT2D eigenvalue weighted by Crippen LogP contribution is 2.28. The highest BCUT2D eigenvalue weighted by Gasteiger charge is 2.16. The van der Waals surface area contributed by atoms with Crippen LogP contribution in [-0.2, 0) is 10.2 Å². The molecule has 1 saturated heterocycles. The maximum absolute atomic E-state index is 12.3. The van der Waals surface area contributed by atoms with Gasteiger partial charge in [0, 0.05) is 13.1 Å². The van der Waals surface area contributed by atoms with Crippen LogP contribution >= 0.6 is 12.2 Å². The summed E-state index contributed by atoms with van der Waals surface area (Å²) in [5, 5.41) is 6.14. The Bertz CT molecular complexity index is 869. The number of hydrogen-bond donors (Lipinski definition) is 2. The largest absolute Gasteiger partial charge is 0.484 e. The zero-order valence-electron chi connectivity index (χ0n) is 18.0. The van der Waals surface area contributed by atoms with Gasteiger partial charge in [0.2, 0.25) is 0 Å². The van der Waals surface area contributed by atoms with Crippen LogP contribution in [0.15, 0.2) is 48.5 Å². The van der Waals surface area contributed by atoms with Gasteiger partial charge in [-0.15, -0.1) is 0 Å². The summed E-state index contributed by atoms with van der Waals surface area (Å²) in [7, 11) is 0. The number of ether oxygens (including phenoxy) is 1. The first-order valence-corrected chi connectivity index (χ1v) is 10.9. The number of nitrogens with one attached hydrogen (secondary N) is 2. The first-order chi connectivity index (χ1) is 14.3. The molecule has 0 aromatic heterocycles. The fourth-order valence-corrected chi connectivity index (χ4v) is 3.73. The van der Waals surface area contributed by atoms with Crippen molar-refractivity contribution < 1.29 is 9.53 Å². The van der Waals surface area contributed by atoms with Gasteiger partial charge < -0.3 is 15.0 Å². The number of piperidine rings is 1. The number of para-hydroxylation sites is 2. The molecule has 5 nitrogen and oxygen atoms in total. The number of nitrogens with zero attached hydrogens (tertiary/aromatic N) is 1. The van der Waals surface area contributed by atoms with Crippen LogP contribution in [0.3, 0.4) is 0 Å². The van der Waals surface area contributed by atoms with Crippen LogP contribution in [0.2, 0.25) is 0 Å². The first kappa shape index (κ1) is 22.1. The smallest absolute Gasteiger partial charge is 0.264 e. The van der Waals surface area contributed by atoms with Gasteiger partial charge in [0.25, 0.3) is 5.91 Å². The maximum Gasteiger partial charge on any atom is 0.264 e. The molecule has 1 aliphatic heterocycles. The summed E-state index contributed by atoms with van der Waals surface area (Å²) in [6, 6.07) is 15.9. The Balaban J connectivity index is 1.51. The second-order valence-corrected chi connectivity index (χ2v) is 9.04. The Morgan fingerprint density at radius 1 is 1.03 bits per heavy atom. The number of rotatable bonds is 5. The zero-order chi connectivity index (χ0) is 21.6. The average molecular weight is 426 g/mol. The van der Waals surface area contributed by atoms with Crippen LogP contribution < -0.4 is 20.3 Å². The van der Waals surface area contributed by atoms with E-state index >= 15 is 0 Å². The lowest BCUT2D eigenvalue weighted by atomic mass is 9.87. The van der Waals surface area contributed by atoms with E-state index in [1.807, 2.05) is 42.5 Å². The van der Waals surface area contributed by atoms with Crippen LogP contribution in [-0.4, -0.2) is 30.7 Å². The van der Waals surface area contributed by atoms with Crippen molar-refractivity contribution in [1.29, 1.82) is 0 Å². The van der Waals surface area contributed by atoms with Crippen molar-refractivity contribution in [1.82, 2.24) is 5.32 Å². The molecule has 3 rings (SSSR count). The van der Waals surface area contributed by atoms with E-state index in [4.69, 9.17) is 17.0 Å². The molecule has 30 heavy (non-hydrogen) atoms. The SMILES string of the molecule is CC(C)(C)c1ccc(OCC(=O)NC(=S)Nc2ccccc2N2CCCCC2)cc1. The van der Waals surface area contributed by atoms with Gasteiger partial charge in [0.1, 0.15) is 5.75 Å². The van der Waals surface area contributed by atoms with E-state index in [9.17, 15) is 4.79 Å². The van der Waals surface area contributed by atoms with E-state index in [2.05, 4.69) is 42.4 Å². The molecule has 0 spiro atoms. The second-order valence-electron chi connectivity index (χ2n) is 8.63. The Labute approximate surface area is 184 Å². The summed E-state index contributed by atoms with van der Waals surface area (Å²) >= 11 is 5.35. The number of carbonyl (C=O) groups is 1. The summed E-state index contributed by atoms with van der Waals surface area (Å²) in [5.41, 5.74) is 3.32. The Hall–Kier alpha value is -2.60.